The Bertz CT molecular complexity index is 699. The van der Waals surface area contributed by atoms with Crippen molar-refractivity contribution in [2.45, 2.75) is 12.8 Å². The summed E-state index contributed by atoms with van der Waals surface area (Å²) in [4.78, 5) is 1.76. The molecule has 0 aromatic heterocycles. The lowest BCUT2D eigenvalue weighted by Gasteiger charge is -2.17. The lowest BCUT2D eigenvalue weighted by molar-refractivity contribution is 0.630. The molecule has 0 bridgehead atoms. The number of nitrogens with two attached hydrogens (primary N) is 1. The molecule has 98 valence electrons. The standard InChI is InChI=1S/C14H13ClFN3/c1-7-6-19(14(17)18)11-5-3-9-8(12(7)11)2-4-10(16)13(9)15/h2-5,7H,6H2,1H3,(H3,17,18). The van der Waals surface area contributed by atoms with Crippen molar-refractivity contribution in [2.24, 2.45) is 5.73 Å². The normalized spacial score (nSPS) is 17.8. The fourth-order valence-corrected chi connectivity index (χ4v) is 3.03. The van der Waals surface area contributed by atoms with Crippen LogP contribution < -0.4 is 10.6 Å². The number of benzene rings is 2. The Balaban J connectivity index is 2.34. The van der Waals surface area contributed by atoms with Crippen molar-refractivity contribution in [3.05, 3.63) is 40.7 Å². The Hall–Kier alpha value is -1.81. The van der Waals surface area contributed by atoms with Crippen LogP contribution >= 0.6 is 11.6 Å². The van der Waals surface area contributed by atoms with Crippen LogP contribution in [0.5, 0.6) is 0 Å². The van der Waals surface area contributed by atoms with Crippen LogP contribution in [0.4, 0.5) is 10.1 Å². The highest BCUT2D eigenvalue weighted by molar-refractivity contribution is 6.36. The van der Waals surface area contributed by atoms with E-state index in [1.165, 1.54) is 6.07 Å². The van der Waals surface area contributed by atoms with Crippen molar-refractivity contribution in [3.63, 3.8) is 0 Å². The van der Waals surface area contributed by atoms with Gasteiger partial charge in [-0.25, -0.2) is 4.39 Å². The highest BCUT2D eigenvalue weighted by Gasteiger charge is 2.29. The van der Waals surface area contributed by atoms with E-state index in [1.54, 1.807) is 17.0 Å². The fraction of sp³-hybridized carbons (Fsp3) is 0.214. The predicted molar refractivity (Wildman–Crippen MR) is 76.6 cm³/mol. The van der Waals surface area contributed by atoms with Gasteiger partial charge in [0.1, 0.15) is 5.82 Å². The summed E-state index contributed by atoms with van der Waals surface area (Å²) in [6, 6.07) is 6.77. The minimum absolute atomic E-state index is 0.0261. The van der Waals surface area contributed by atoms with Crippen LogP contribution in [0.25, 0.3) is 10.8 Å². The molecule has 5 heteroatoms. The first-order valence-electron chi connectivity index (χ1n) is 6.03. The van der Waals surface area contributed by atoms with Crippen LogP contribution in [0.3, 0.4) is 0 Å². The summed E-state index contributed by atoms with van der Waals surface area (Å²) in [5, 5.41) is 9.40. The summed E-state index contributed by atoms with van der Waals surface area (Å²) in [6.07, 6.45) is 0. The molecule has 2 aromatic rings. The highest BCUT2D eigenvalue weighted by Crippen LogP contribution is 2.42. The Morgan fingerprint density at radius 2 is 2.05 bits per heavy atom. The van der Waals surface area contributed by atoms with E-state index >= 15 is 0 Å². The van der Waals surface area contributed by atoms with Crippen LogP contribution in [0.2, 0.25) is 5.02 Å². The third kappa shape index (κ3) is 1.67. The predicted octanol–water partition coefficient (Wildman–Crippen LogP) is 3.45. The van der Waals surface area contributed by atoms with E-state index in [2.05, 4.69) is 6.92 Å². The number of hydrogen-bond acceptors (Lipinski definition) is 1. The molecule has 0 amide bonds. The lowest BCUT2D eigenvalue weighted by atomic mass is 9.96. The monoisotopic (exact) mass is 277 g/mol. The van der Waals surface area contributed by atoms with Gasteiger partial charge in [0, 0.05) is 23.5 Å². The number of fused-ring (bicyclic) bond motifs is 3. The molecule has 19 heavy (non-hydrogen) atoms. The molecule has 0 spiro atoms. The fourth-order valence-electron chi connectivity index (χ4n) is 2.80. The number of nitrogens with zero attached hydrogens (tertiary/aromatic N) is 1. The average molecular weight is 278 g/mol. The molecular formula is C14H13ClFN3. The molecule has 1 heterocycles. The van der Waals surface area contributed by atoms with Crippen molar-refractivity contribution in [3.8, 4) is 0 Å². The number of guanidine groups is 1. The zero-order chi connectivity index (χ0) is 13.7. The number of rotatable bonds is 0. The van der Waals surface area contributed by atoms with Crippen LogP contribution in [-0.4, -0.2) is 12.5 Å². The molecule has 0 saturated heterocycles. The molecule has 0 fully saturated rings. The van der Waals surface area contributed by atoms with Crippen molar-refractivity contribution in [1.29, 1.82) is 5.41 Å². The molecule has 1 aliphatic heterocycles. The number of halogens is 2. The van der Waals surface area contributed by atoms with Crippen molar-refractivity contribution in [1.82, 2.24) is 0 Å². The molecular weight excluding hydrogens is 265 g/mol. The van der Waals surface area contributed by atoms with Crippen LogP contribution in [0, 0.1) is 11.2 Å². The largest absolute Gasteiger partial charge is 0.370 e. The molecule has 2 aromatic carbocycles. The molecule has 0 aliphatic carbocycles. The van der Waals surface area contributed by atoms with Gasteiger partial charge in [-0.1, -0.05) is 30.7 Å². The van der Waals surface area contributed by atoms with Crippen LogP contribution in [0.15, 0.2) is 24.3 Å². The molecule has 1 unspecified atom stereocenters. The minimum Gasteiger partial charge on any atom is -0.370 e. The Morgan fingerprint density at radius 1 is 1.37 bits per heavy atom. The zero-order valence-corrected chi connectivity index (χ0v) is 11.1. The van der Waals surface area contributed by atoms with E-state index in [-0.39, 0.29) is 16.9 Å². The first-order chi connectivity index (χ1) is 9.00. The number of anilines is 1. The third-order valence-corrected chi connectivity index (χ3v) is 4.02. The van der Waals surface area contributed by atoms with Gasteiger partial charge in [0.25, 0.3) is 0 Å². The lowest BCUT2D eigenvalue weighted by Crippen LogP contribution is -2.35. The molecule has 3 rings (SSSR count). The van der Waals surface area contributed by atoms with E-state index in [0.717, 1.165) is 16.6 Å². The smallest absolute Gasteiger partial charge is 0.192 e. The molecule has 3 nitrogen and oxygen atoms in total. The summed E-state index contributed by atoms with van der Waals surface area (Å²) < 4.78 is 13.5. The summed E-state index contributed by atoms with van der Waals surface area (Å²) in [7, 11) is 0. The van der Waals surface area contributed by atoms with Gasteiger partial charge in [0.2, 0.25) is 0 Å². The minimum atomic E-state index is -0.414. The Morgan fingerprint density at radius 3 is 2.74 bits per heavy atom. The van der Waals surface area contributed by atoms with Crippen molar-refractivity contribution < 1.29 is 4.39 Å². The molecule has 3 N–H and O–H groups in total. The first kappa shape index (κ1) is 12.2. The van der Waals surface area contributed by atoms with Gasteiger partial charge in [-0.3, -0.25) is 5.41 Å². The maximum atomic E-state index is 13.5. The van der Waals surface area contributed by atoms with Crippen molar-refractivity contribution >= 4 is 34.0 Å². The SMILES string of the molecule is CC1CN(C(=N)N)c2ccc3c(Cl)c(F)ccc3c21. The van der Waals surface area contributed by atoms with Gasteiger partial charge < -0.3 is 10.6 Å². The Kier molecular flexibility index (Phi) is 2.64. The summed E-state index contributed by atoms with van der Waals surface area (Å²) in [6.45, 7) is 2.73. The van der Waals surface area contributed by atoms with Crippen LogP contribution in [0.1, 0.15) is 18.4 Å². The van der Waals surface area contributed by atoms with Gasteiger partial charge in [0.15, 0.2) is 5.96 Å². The maximum Gasteiger partial charge on any atom is 0.192 e. The second kappa shape index (κ2) is 4.10. The second-order valence-corrected chi connectivity index (χ2v) is 5.23. The molecule has 1 aliphatic rings. The summed E-state index contributed by atoms with van der Waals surface area (Å²) >= 11 is 6.02. The zero-order valence-electron chi connectivity index (χ0n) is 10.4. The highest BCUT2D eigenvalue weighted by atomic mass is 35.5. The van der Waals surface area contributed by atoms with Gasteiger partial charge in [-0.05, 0) is 23.1 Å². The van der Waals surface area contributed by atoms with Gasteiger partial charge in [-0.2, -0.15) is 0 Å². The van der Waals surface area contributed by atoms with Gasteiger partial charge in [-0.15, -0.1) is 0 Å². The second-order valence-electron chi connectivity index (χ2n) is 4.85. The van der Waals surface area contributed by atoms with E-state index < -0.39 is 5.82 Å². The average Bonchev–Trinajstić information content (AvgIpc) is 2.72. The molecule has 0 radical (unpaired) electrons. The van der Waals surface area contributed by atoms with Gasteiger partial charge >= 0.3 is 0 Å². The number of nitrogens with one attached hydrogen (secondary N) is 1. The number of hydrogen-bond donors (Lipinski definition) is 2. The van der Waals surface area contributed by atoms with E-state index in [0.29, 0.717) is 11.9 Å². The maximum absolute atomic E-state index is 13.5. The summed E-state index contributed by atoms with van der Waals surface area (Å²) in [5.41, 5.74) is 7.59. The van der Waals surface area contributed by atoms with Gasteiger partial charge in [0.05, 0.1) is 5.02 Å². The first-order valence-corrected chi connectivity index (χ1v) is 6.40. The Labute approximate surface area is 115 Å². The molecule has 0 saturated carbocycles. The topological polar surface area (TPSA) is 53.1 Å². The molecule has 1 atom stereocenters. The quantitative estimate of drug-likeness (QED) is 0.572. The third-order valence-electron chi connectivity index (χ3n) is 3.64. The van der Waals surface area contributed by atoms with E-state index in [1.807, 2.05) is 6.07 Å². The van der Waals surface area contributed by atoms with E-state index in [4.69, 9.17) is 22.7 Å². The van der Waals surface area contributed by atoms with E-state index in [9.17, 15) is 4.39 Å². The van der Waals surface area contributed by atoms with Crippen LogP contribution in [-0.2, 0) is 0 Å². The van der Waals surface area contributed by atoms with Crippen molar-refractivity contribution in [2.75, 3.05) is 11.4 Å². The summed E-state index contributed by atoms with van der Waals surface area (Å²) in [5.74, 6) is -0.162.